The second kappa shape index (κ2) is 4.74. The highest BCUT2D eigenvalue weighted by atomic mass is 15.6. The molecule has 2 aromatic rings. The molecular formula is C11H15N5. The highest BCUT2D eigenvalue weighted by Gasteiger charge is 2.01. The van der Waals surface area contributed by atoms with Gasteiger partial charge in [-0.2, -0.15) is 0 Å². The van der Waals surface area contributed by atoms with E-state index in [-0.39, 0.29) is 0 Å². The molecule has 0 saturated heterocycles. The van der Waals surface area contributed by atoms with Crippen LogP contribution >= 0.6 is 0 Å². The molecule has 1 aromatic carbocycles. The van der Waals surface area contributed by atoms with Crippen LogP contribution in [0.25, 0.3) is 0 Å². The molecule has 0 unspecified atom stereocenters. The lowest BCUT2D eigenvalue weighted by molar-refractivity contribution is 0.712. The molecule has 0 amide bonds. The van der Waals surface area contributed by atoms with E-state index in [1.165, 1.54) is 11.1 Å². The minimum absolute atomic E-state index is 0.702. The average molecular weight is 217 g/mol. The van der Waals surface area contributed by atoms with Crippen LogP contribution in [0.2, 0.25) is 0 Å². The van der Waals surface area contributed by atoms with Gasteiger partial charge in [0.05, 0.1) is 0 Å². The van der Waals surface area contributed by atoms with Crippen LogP contribution in [0.15, 0.2) is 24.3 Å². The number of hydrogen-bond donors (Lipinski definition) is 1. The maximum absolute atomic E-state index is 3.86. The second-order valence-corrected chi connectivity index (χ2v) is 3.73. The van der Waals surface area contributed by atoms with Crippen molar-refractivity contribution in [3.8, 4) is 0 Å². The van der Waals surface area contributed by atoms with Crippen molar-refractivity contribution >= 4 is 5.95 Å². The first kappa shape index (κ1) is 10.6. The fraction of sp³-hybridized carbons (Fsp3) is 0.364. The van der Waals surface area contributed by atoms with Crippen molar-refractivity contribution in [3.63, 3.8) is 0 Å². The third kappa shape index (κ3) is 2.36. The summed E-state index contributed by atoms with van der Waals surface area (Å²) >= 11 is 0. The van der Waals surface area contributed by atoms with Crippen LogP contribution in [0.1, 0.15) is 11.1 Å². The van der Waals surface area contributed by atoms with Crippen LogP contribution in [-0.4, -0.2) is 26.8 Å². The van der Waals surface area contributed by atoms with Gasteiger partial charge in [-0.25, -0.2) is 4.68 Å². The number of nitrogens with one attached hydrogen (secondary N) is 1. The Kier molecular flexibility index (Phi) is 3.14. The van der Waals surface area contributed by atoms with Gasteiger partial charge in [0.1, 0.15) is 0 Å². The van der Waals surface area contributed by atoms with E-state index in [2.05, 4.69) is 52.0 Å². The molecular weight excluding hydrogens is 202 g/mol. The molecule has 0 saturated carbocycles. The lowest BCUT2D eigenvalue weighted by Gasteiger charge is -2.06. The fourth-order valence-electron chi connectivity index (χ4n) is 1.58. The molecule has 0 aliphatic carbocycles. The van der Waals surface area contributed by atoms with Gasteiger partial charge in [-0.3, -0.25) is 0 Å². The molecule has 5 heteroatoms. The van der Waals surface area contributed by atoms with Crippen molar-refractivity contribution in [2.45, 2.75) is 13.3 Å². The molecule has 0 aliphatic heterocycles. The van der Waals surface area contributed by atoms with Gasteiger partial charge in [0, 0.05) is 13.6 Å². The van der Waals surface area contributed by atoms with Crippen molar-refractivity contribution in [1.29, 1.82) is 0 Å². The highest BCUT2D eigenvalue weighted by Crippen LogP contribution is 2.07. The van der Waals surface area contributed by atoms with E-state index in [0.717, 1.165) is 13.0 Å². The molecule has 84 valence electrons. The molecule has 0 radical (unpaired) electrons. The molecule has 1 aromatic heterocycles. The number of aromatic nitrogens is 4. The first-order valence-electron chi connectivity index (χ1n) is 5.28. The highest BCUT2D eigenvalue weighted by molar-refractivity contribution is 5.28. The number of tetrazole rings is 1. The van der Waals surface area contributed by atoms with Gasteiger partial charge in [-0.05, 0) is 34.9 Å². The van der Waals surface area contributed by atoms with Crippen molar-refractivity contribution in [1.82, 2.24) is 20.2 Å². The lowest BCUT2D eigenvalue weighted by atomic mass is 10.1. The Bertz CT molecular complexity index is 463. The first-order chi connectivity index (χ1) is 7.77. The van der Waals surface area contributed by atoms with E-state index in [1.807, 2.05) is 7.05 Å². The molecule has 1 N–H and O–H groups in total. The number of hydrogen-bond acceptors (Lipinski definition) is 4. The summed E-state index contributed by atoms with van der Waals surface area (Å²) in [5.74, 6) is 0.702. The second-order valence-electron chi connectivity index (χ2n) is 3.73. The minimum Gasteiger partial charge on any atom is -0.353 e. The molecule has 0 bridgehead atoms. The zero-order chi connectivity index (χ0) is 11.4. The van der Waals surface area contributed by atoms with Crippen LogP contribution in [0.5, 0.6) is 0 Å². The lowest BCUT2D eigenvalue weighted by Crippen LogP contribution is -2.10. The van der Waals surface area contributed by atoms with Gasteiger partial charge in [0.15, 0.2) is 0 Å². The Morgan fingerprint density at radius 2 is 2.12 bits per heavy atom. The normalized spacial score (nSPS) is 10.4. The predicted molar refractivity (Wildman–Crippen MR) is 62.2 cm³/mol. The fourth-order valence-corrected chi connectivity index (χ4v) is 1.58. The van der Waals surface area contributed by atoms with Gasteiger partial charge in [-0.15, -0.1) is 0 Å². The van der Waals surface area contributed by atoms with Gasteiger partial charge >= 0.3 is 0 Å². The van der Waals surface area contributed by atoms with Crippen molar-refractivity contribution in [3.05, 3.63) is 35.4 Å². The summed E-state index contributed by atoms with van der Waals surface area (Å²) in [5.41, 5.74) is 2.67. The Morgan fingerprint density at radius 1 is 1.31 bits per heavy atom. The molecule has 0 atom stereocenters. The molecule has 0 aliphatic rings. The van der Waals surface area contributed by atoms with Gasteiger partial charge in [-0.1, -0.05) is 29.4 Å². The summed E-state index contributed by atoms with van der Waals surface area (Å²) in [6.07, 6.45) is 0.972. The van der Waals surface area contributed by atoms with E-state index in [9.17, 15) is 0 Å². The molecule has 0 spiro atoms. The Balaban J connectivity index is 1.89. The van der Waals surface area contributed by atoms with Gasteiger partial charge in [0.25, 0.3) is 0 Å². The van der Waals surface area contributed by atoms with Gasteiger partial charge < -0.3 is 5.32 Å². The first-order valence-corrected chi connectivity index (χ1v) is 5.28. The summed E-state index contributed by atoms with van der Waals surface area (Å²) in [7, 11) is 1.82. The third-order valence-corrected chi connectivity index (χ3v) is 2.56. The van der Waals surface area contributed by atoms with Crippen LogP contribution in [-0.2, 0) is 13.5 Å². The number of rotatable bonds is 4. The Labute approximate surface area is 94.5 Å². The molecule has 1 heterocycles. The van der Waals surface area contributed by atoms with Crippen LogP contribution in [0.3, 0.4) is 0 Å². The maximum atomic E-state index is 3.86. The van der Waals surface area contributed by atoms with E-state index in [4.69, 9.17) is 0 Å². The van der Waals surface area contributed by atoms with E-state index >= 15 is 0 Å². The van der Waals surface area contributed by atoms with E-state index in [0.29, 0.717) is 5.95 Å². The summed E-state index contributed by atoms with van der Waals surface area (Å²) < 4.78 is 1.62. The van der Waals surface area contributed by atoms with E-state index < -0.39 is 0 Å². The summed E-state index contributed by atoms with van der Waals surface area (Å²) in [5, 5.41) is 14.4. The van der Waals surface area contributed by atoms with Crippen LogP contribution in [0, 0.1) is 6.92 Å². The SMILES string of the molecule is Cc1ccccc1CCNc1nnnn1C. The smallest absolute Gasteiger partial charge is 0.242 e. The number of aryl methyl sites for hydroxylation is 2. The summed E-state index contributed by atoms with van der Waals surface area (Å²) in [6.45, 7) is 2.96. The summed E-state index contributed by atoms with van der Waals surface area (Å²) in [6, 6.07) is 8.39. The van der Waals surface area contributed by atoms with Gasteiger partial charge in [0.2, 0.25) is 5.95 Å². The molecule has 5 nitrogen and oxygen atoms in total. The minimum atomic E-state index is 0.702. The monoisotopic (exact) mass is 217 g/mol. The average Bonchev–Trinajstić information content (AvgIpc) is 2.67. The van der Waals surface area contributed by atoms with Crippen LogP contribution < -0.4 is 5.32 Å². The van der Waals surface area contributed by atoms with Crippen molar-refractivity contribution in [2.24, 2.45) is 7.05 Å². The Morgan fingerprint density at radius 3 is 2.81 bits per heavy atom. The Hall–Kier alpha value is -1.91. The largest absolute Gasteiger partial charge is 0.353 e. The van der Waals surface area contributed by atoms with Crippen molar-refractivity contribution in [2.75, 3.05) is 11.9 Å². The third-order valence-electron chi connectivity index (χ3n) is 2.56. The molecule has 2 rings (SSSR count). The maximum Gasteiger partial charge on any atom is 0.242 e. The standard InChI is InChI=1S/C11H15N5/c1-9-5-3-4-6-10(9)7-8-12-11-13-14-15-16(11)2/h3-6H,7-8H2,1-2H3,(H,12,13,15). The molecule has 16 heavy (non-hydrogen) atoms. The van der Waals surface area contributed by atoms with Crippen molar-refractivity contribution < 1.29 is 0 Å². The quantitative estimate of drug-likeness (QED) is 0.835. The number of benzene rings is 1. The number of anilines is 1. The molecule has 0 fully saturated rings. The van der Waals surface area contributed by atoms with Crippen LogP contribution in [0.4, 0.5) is 5.95 Å². The van der Waals surface area contributed by atoms with E-state index in [1.54, 1.807) is 4.68 Å². The zero-order valence-electron chi connectivity index (χ0n) is 9.51. The number of nitrogens with zero attached hydrogens (tertiary/aromatic N) is 4. The predicted octanol–water partition coefficient (Wildman–Crippen LogP) is 1.17. The summed E-state index contributed by atoms with van der Waals surface area (Å²) in [4.78, 5) is 0. The topological polar surface area (TPSA) is 55.6 Å². The zero-order valence-corrected chi connectivity index (χ0v) is 9.51.